The SMILES string of the molecule is CCC(CC)CNC(=O)c1cc(=O)[nH]c(=O)[nH]1. The van der Waals surface area contributed by atoms with Gasteiger partial charge in [-0.3, -0.25) is 14.6 Å². The van der Waals surface area contributed by atoms with Crippen LogP contribution in [0.4, 0.5) is 0 Å². The molecule has 0 radical (unpaired) electrons. The van der Waals surface area contributed by atoms with Crippen LogP contribution in [0.1, 0.15) is 37.2 Å². The molecule has 0 fully saturated rings. The van der Waals surface area contributed by atoms with Gasteiger partial charge in [0.15, 0.2) is 0 Å². The van der Waals surface area contributed by atoms with E-state index in [9.17, 15) is 14.4 Å². The number of carbonyl (C=O) groups excluding carboxylic acids is 1. The number of hydrogen-bond donors (Lipinski definition) is 3. The van der Waals surface area contributed by atoms with Crippen LogP contribution in [0, 0.1) is 5.92 Å². The molecule has 0 aromatic carbocycles. The number of aromatic amines is 2. The first-order valence-electron chi connectivity index (χ1n) is 5.68. The Labute approximate surface area is 98.5 Å². The van der Waals surface area contributed by atoms with Gasteiger partial charge in [0.05, 0.1) is 0 Å². The highest BCUT2D eigenvalue weighted by molar-refractivity contribution is 5.91. The zero-order chi connectivity index (χ0) is 12.8. The van der Waals surface area contributed by atoms with Gasteiger partial charge < -0.3 is 10.3 Å². The third kappa shape index (κ3) is 3.90. The molecule has 0 bridgehead atoms. The van der Waals surface area contributed by atoms with Crippen LogP contribution in [0.15, 0.2) is 15.7 Å². The normalized spacial score (nSPS) is 10.5. The molecule has 1 heterocycles. The molecule has 0 spiro atoms. The topological polar surface area (TPSA) is 94.8 Å². The second kappa shape index (κ2) is 6.03. The maximum Gasteiger partial charge on any atom is 0.326 e. The zero-order valence-corrected chi connectivity index (χ0v) is 10.0. The van der Waals surface area contributed by atoms with Crippen LogP contribution < -0.4 is 16.6 Å². The summed E-state index contributed by atoms with van der Waals surface area (Å²) in [6.07, 6.45) is 1.95. The Bertz CT molecular complexity index is 457. The minimum absolute atomic E-state index is 0.00953. The van der Waals surface area contributed by atoms with Gasteiger partial charge in [0, 0.05) is 12.6 Å². The van der Waals surface area contributed by atoms with Gasteiger partial charge in [-0.1, -0.05) is 26.7 Å². The van der Waals surface area contributed by atoms with Crippen molar-refractivity contribution in [2.45, 2.75) is 26.7 Å². The van der Waals surface area contributed by atoms with Crippen LogP contribution in [0.3, 0.4) is 0 Å². The molecular formula is C11H17N3O3. The van der Waals surface area contributed by atoms with Crippen molar-refractivity contribution in [2.24, 2.45) is 5.92 Å². The molecule has 0 aliphatic carbocycles. The van der Waals surface area contributed by atoms with Crippen molar-refractivity contribution in [3.63, 3.8) is 0 Å². The van der Waals surface area contributed by atoms with Crippen molar-refractivity contribution in [3.8, 4) is 0 Å². The van der Waals surface area contributed by atoms with E-state index in [1.165, 1.54) is 0 Å². The standard InChI is InChI=1S/C11H17N3O3/c1-3-7(4-2)6-12-10(16)8-5-9(15)14-11(17)13-8/h5,7H,3-4,6H2,1-2H3,(H,12,16)(H2,13,14,15,17). The number of hydrogen-bond acceptors (Lipinski definition) is 3. The van der Waals surface area contributed by atoms with Gasteiger partial charge in [0.1, 0.15) is 5.69 Å². The Morgan fingerprint density at radius 2 is 1.94 bits per heavy atom. The second-order valence-electron chi connectivity index (χ2n) is 3.89. The van der Waals surface area contributed by atoms with E-state index in [1.54, 1.807) is 0 Å². The predicted octanol–water partition coefficient (Wildman–Crippen LogP) is 0.229. The van der Waals surface area contributed by atoms with E-state index in [4.69, 9.17) is 0 Å². The number of nitrogens with one attached hydrogen (secondary N) is 3. The number of H-pyrrole nitrogens is 2. The molecule has 6 heteroatoms. The maximum absolute atomic E-state index is 11.7. The third-order valence-corrected chi connectivity index (χ3v) is 2.71. The summed E-state index contributed by atoms with van der Waals surface area (Å²) in [6.45, 7) is 4.64. The molecule has 1 rings (SSSR count). The molecular weight excluding hydrogens is 222 g/mol. The van der Waals surface area contributed by atoms with Gasteiger partial charge in [-0.2, -0.15) is 0 Å². The highest BCUT2D eigenvalue weighted by Crippen LogP contribution is 2.05. The monoisotopic (exact) mass is 239 g/mol. The lowest BCUT2D eigenvalue weighted by molar-refractivity contribution is 0.0940. The first-order valence-corrected chi connectivity index (χ1v) is 5.68. The van der Waals surface area contributed by atoms with Crippen LogP contribution in [0.2, 0.25) is 0 Å². The van der Waals surface area contributed by atoms with Gasteiger partial charge >= 0.3 is 5.69 Å². The second-order valence-corrected chi connectivity index (χ2v) is 3.89. The molecule has 0 atom stereocenters. The Morgan fingerprint density at radius 1 is 1.29 bits per heavy atom. The number of aromatic nitrogens is 2. The lowest BCUT2D eigenvalue weighted by atomic mass is 10.0. The minimum Gasteiger partial charge on any atom is -0.350 e. The number of rotatable bonds is 5. The summed E-state index contributed by atoms with van der Waals surface area (Å²) in [4.78, 5) is 37.9. The molecule has 0 unspecified atom stereocenters. The highest BCUT2D eigenvalue weighted by atomic mass is 16.2. The van der Waals surface area contributed by atoms with Crippen LogP contribution in [-0.4, -0.2) is 22.4 Å². The van der Waals surface area contributed by atoms with Gasteiger partial charge in [0.2, 0.25) is 0 Å². The fourth-order valence-corrected chi connectivity index (χ4v) is 1.50. The summed E-state index contributed by atoms with van der Waals surface area (Å²) >= 11 is 0. The first-order chi connectivity index (χ1) is 8.06. The fraction of sp³-hybridized carbons (Fsp3) is 0.545. The molecule has 0 aliphatic heterocycles. The molecule has 6 nitrogen and oxygen atoms in total. The van der Waals surface area contributed by atoms with Crippen molar-refractivity contribution < 1.29 is 4.79 Å². The van der Waals surface area contributed by atoms with Crippen molar-refractivity contribution in [1.82, 2.24) is 15.3 Å². The molecule has 0 aliphatic rings. The van der Waals surface area contributed by atoms with E-state index in [0.717, 1.165) is 18.9 Å². The summed E-state index contributed by atoms with van der Waals surface area (Å²) in [6, 6.07) is 1.07. The Hall–Kier alpha value is -1.85. The lowest BCUT2D eigenvalue weighted by Crippen LogP contribution is -2.33. The van der Waals surface area contributed by atoms with Crippen molar-refractivity contribution in [2.75, 3.05) is 6.54 Å². The van der Waals surface area contributed by atoms with E-state index in [0.29, 0.717) is 12.5 Å². The first kappa shape index (κ1) is 13.2. The molecule has 94 valence electrons. The summed E-state index contributed by atoms with van der Waals surface area (Å²) in [5.41, 5.74) is -1.27. The Kier molecular flexibility index (Phi) is 4.68. The van der Waals surface area contributed by atoms with E-state index in [1.807, 2.05) is 4.98 Å². The molecule has 1 aromatic rings. The number of carbonyl (C=O) groups is 1. The molecule has 1 amide bonds. The molecule has 0 saturated heterocycles. The van der Waals surface area contributed by atoms with Crippen molar-refractivity contribution in [3.05, 3.63) is 32.6 Å². The van der Waals surface area contributed by atoms with Gasteiger partial charge in [-0.25, -0.2) is 4.79 Å². The summed E-state index contributed by atoms with van der Waals surface area (Å²) in [7, 11) is 0. The van der Waals surface area contributed by atoms with E-state index < -0.39 is 17.2 Å². The summed E-state index contributed by atoms with van der Waals surface area (Å²) in [5, 5.41) is 2.69. The van der Waals surface area contributed by atoms with E-state index >= 15 is 0 Å². The van der Waals surface area contributed by atoms with Crippen molar-refractivity contribution >= 4 is 5.91 Å². The molecule has 17 heavy (non-hydrogen) atoms. The molecule has 3 N–H and O–H groups in total. The van der Waals surface area contributed by atoms with Crippen molar-refractivity contribution in [1.29, 1.82) is 0 Å². The van der Waals surface area contributed by atoms with Crippen LogP contribution in [0.5, 0.6) is 0 Å². The summed E-state index contributed by atoms with van der Waals surface area (Å²) < 4.78 is 0. The lowest BCUT2D eigenvalue weighted by Gasteiger charge is -2.12. The predicted molar refractivity (Wildman–Crippen MR) is 64.1 cm³/mol. The Morgan fingerprint density at radius 3 is 2.47 bits per heavy atom. The van der Waals surface area contributed by atoms with Crippen LogP contribution >= 0.6 is 0 Å². The minimum atomic E-state index is -0.676. The fourth-order valence-electron chi connectivity index (χ4n) is 1.50. The Balaban J connectivity index is 2.70. The average Bonchev–Trinajstić information content (AvgIpc) is 2.28. The van der Waals surface area contributed by atoms with Gasteiger partial charge in [-0.05, 0) is 5.92 Å². The third-order valence-electron chi connectivity index (χ3n) is 2.71. The molecule has 0 saturated carbocycles. The quantitative estimate of drug-likeness (QED) is 0.686. The highest BCUT2D eigenvalue weighted by Gasteiger charge is 2.10. The summed E-state index contributed by atoms with van der Waals surface area (Å²) in [5.74, 6) is -0.0206. The average molecular weight is 239 g/mol. The van der Waals surface area contributed by atoms with E-state index in [2.05, 4.69) is 24.1 Å². The van der Waals surface area contributed by atoms with Gasteiger partial charge in [-0.15, -0.1) is 0 Å². The smallest absolute Gasteiger partial charge is 0.326 e. The van der Waals surface area contributed by atoms with Gasteiger partial charge in [0.25, 0.3) is 11.5 Å². The van der Waals surface area contributed by atoms with Crippen LogP contribution in [-0.2, 0) is 0 Å². The van der Waals surface area contributed by atoms with Crippen LogP contribution in [0.25, 0.3) is 0 Å². The largest absolute Gasteiger partial charge is 0.350 e. The maximum atomic E-state index is 11.7. The van der Waals surface area contributed by atoms with E-state index in [-0.39, 0.29) is 5.69 Å². The molecule has 1 aromatic heterocycles. The number of amides is 1. The zero-order valence-electron chi connectivity index (χ0n) is 10.0.